The SMILES string of the molecule is O=C(NNC(=S)Nc1cccc(Cl)c1)c1ccc(-c2cc(Cl)ccc2Cl)o1. The number of benzene rings is 2. The van der Waals surface area contributed by atoms with Crippen LogP contribution in [-0.2, 0) is 0 Å². The van der Waals surface area contributed by atoms with Gasteiger partial charge in [0, 0.05) is 21.3 Å². The number of furan rings is 1. The molecule has 0 radical (unpaired) electrons. The van der Waals surface area contributed by atoms with Gasteiger partial charge in [-0.15, -0.1) is 0 Å². The van der Waals surface area contributed by atoms with Gasteiger partial charge in [0.2, 0.25) is 0 Å². The highest BCUT2D eigenvalue weighted by molar-refractivity contribution is 7.80. The van der Waals surface area contributed by atoms with Gasteiger partial charge < -0.3 is 9.73 Å². The topological polar surface area (TPSA) is 66.3 Å². The summed E-state index contributed by atoms with van der Waals surface area (Å²) < 4.78 is 5.56. The highest BCUT2D eigenvalue weighted by Gasteiger charge is 2.14. The standard InChI is InChI=1S/C18H12Cl3N3O2S/c19-10-2-1-3-12(8-10)22-18(27)24-23-17(25)16-7-6-15(26-16)13-9-11(20)4-5-14(13)21/h1-9H,(H,23,25)(H2,22,24,27). The van der Waals surface area contributed by atoms with E-state index >= 15 is 0 Å². The normalized spacial score (nSPS) is 10.3. The Balaban J connectivity index is 1.61. The van der Waals surface area contributed by atoms with Gasteiger partial charge in [-0.1, -0.05) is 40.9 Å². The van der Waals surface area contributed by atoms with Crippen molar-refractivity contribution < 1.29 is 9.21 Å². The molecule has 0 aliphatic carbocycles. The number of halogens is 3. The monoisotopic (exact) mass is 439 g/mol. The highest BCUT2D eigenvalue weighted by atomic mass is 35.5. The predicted octanol–water partition coefficient (Wildman–Crippen LogP) is 5.54. The van der Waals surface area contributed by atoms with Crippen LogP contribution in [0.2, 0.25) is 15.1 Å². The second kappa shape index (κ2) is 8.63. The van der Waals surface area contributed by atoms with E-state index in [-0.39, 0.29) is 10.9 Å². The zero-order valence-corrected chi connectivity index (χ0v) is 16.6. The summed E-state index contributed by atoms with van der Waals surface area (Å²) in [6.45, 7) is 0. The Morgan fingerprint density at radius 1 is 0.926 bits per heavy atom. The fraction of sp³-hybridized carbons (Fsp3) is 0. The van der Waals surface area contributed by atoms with E-state index in [9.17, 15) is 4.79 Å². The van der Waals surface area contributed by atoms with Gasteiger partial charge in [-0.25, -0.2) is 0 Å². The Morgan fingerprint density at radius 3 is 2.48 bits per heavy atom. The number of carbonyl (C=O) groups is 1. The molecule has 0 saturated heterocycles. The smallest absolute Gasteiger partial charge is 0.305 e. The number of amides is 1. The first-order valence-corrected chi connectivity index (χ1v) is 9.15. The van der Waals surface area contributed by atoms with E-state index in [1.54, 1.807) is 48.5 Å². The molecule has 1 heterocycles. The molecule has 3 N–H and O–H groups in total. The Morgan fingerprint density at radius 2 is 1.70 bits per heavy atom. The van der Waals surface area contributed by atoms with Crippen molar-refractivity contribution in [1.29, 1.82) is 0 Å². The Bertz CT molecular complexity index is 1010. The van der Waals surface area contributed by atoms with Crippen LogP contribution < -0.4 is 16.2 Å². The fourth-order valence-corrected chi connectivity index (χ4v) is 2.94. The van der Waals surface area contributed by atoms with Crippen molar-refractivity contribution in [3.05, 3.63) is 75.4 Å². The molecule has 1 amide bonds. The van der Waals surface area contributed by atoms with E-state index in [4.69, 9.17) is 51.4 Å². The number of carbonyl (C=O) groups excluding carboxylic acids is 1. The van der Waals surface area contributed by atoms with Gasteiger partial charge in [0.05, 0.1) is 5.02 Å². The van der Waals surface area contributed by atoms with Crippen molar-refractivity contribution in [2.45, 2.75) is 0 Å². The summed E-state index contributed by atoms with van der Waals surface area (Å²) in [5.41, 5.74) is 6.31. The molecule has 0 aliphatic heterocycles. The van der Waals surface area contributed by atoms with Crippen LogP contribution in [0.25, 0.3) is 11.3 Å². The lowest BCUT2D eigenvalue weighted by molar-refractivity contribution is 0.0917. The molecule has 3 rings (SSSR count). The van der Waals surface area contributed by atoms with E-state index in [1.165, 1.54) is 6.07 Å². The second-order valence-electron chi connectivity index (χ2n) is 5.33. The maximum Gasteiger partial charge on any atom is 0.305 e. The van der Waals surface area contributed by atoms with E-state index in [2.05, 4.69) is 16.2 Å². The highest BCUT2D eigenvalue weighted by Crippen LogP contribution is 2.31. The van der Waals surface area contributed by atoms with Gasteiger partial charge in [0.25, 0.3) is 0 Å². The van der Waals surface area contributed by atoms with Crippen molar-refractivity contribution in [1.82, 2.24) is 10.9 Å². The number of rotatable bonds is 3. The summed E-state index contributed by atoms with van der Waals surface area (Å²) in [6, 6.07) is 15.1. The molecule has 138 valence electrons. The molecule has 5 nitrogen and oxygen atoms in total. The van der Waals surface area contributed by atoms with Gasteiger partial charge in [0.1, 0.15) is 5.76 Å². The van der Waals surface area contributed by atoms with Crippen molar-refractivity contribution in [2.24, 2.45) is 0 Å². The molecule has 27 heavy (non-hydrogen) atoms. The van der Waals surface area contributed by atoms with Crippen molar-refractivity contribution in [3.63, 3.8) is 0 Å². The predicted molar refractivity (Wildman–Crippen MR) is 112 cm³/mol. The third kappa shape index (κ3) is 5.14. The van der Waals surface area contributed by atoms with Crippen molar-refractivity contribution in [2.75, 3.05) is 5.32 Å². The van der Waals surface area contributed by atoms with Crippen LogP contribution >= 0.6 is 47.0 Å². The Kier molecular flexibility index (Phi) is 6.23. The Hall–Kier alpha value is -2.25. The average Bonchev–Trinajstić information content (AvgIpc) is 3.12. The average molecular weight is 441 g/mol. The summed E-state index contributed by atoms with van der Waals surface area (Å²) in [5, 5.41) is 4.62. The van der Waals surface area contributed by atoms with Crippen molar-refractivity contribution >= 4 is 63.7 Å². The maximum absolute atomic E-state index is 12.2. The Labute approximate surface area is 175 Å². The molecule has 0 saturated carbocycles. The third-order valence-electron chi connectivity index (χ3n) is 3.40. The van der Waals surface area contributed by atoms with Gasteiger partial charge in [-0.3, -0.25) is 15.6 Å². The van der Waals surface area contributed by atoms with Crippen molar-refractivity contribution in [3.8, 4) is 11.3 Å². The van der Waals surface area contributed by atoms with E-state index < -0.39 is 5.91 Å². The molecule has 0 bridgehead atoms. The molecular weight excluding hydrogens is 429 g/mol. The lowest BCUT2D eigenvalue weighted by atomic mass is 10.2. The summed E-state index contributed by atoms with van der Waals surface area (Å²) in [4.78, 5) is 12.2. The summed E-state index contributed by atoms with van der Waals surface area (Å²) in [6.07, 6.45) is 0. The molecule has 9 heteroatoms. The first-order chi connectivity index (χ1) is 12.9. The number of nitrogens with one attached hydrogen (secondary N) is 3. The minimum Gasteiger partial charge on any atom is -0.451 e. The van der Waals surface area contributed by atoms with Crippen LogP contribution in [0.3, 0.4) is 0 Å². The molecular formula is C18H12Cl3N3O2S. The molecule has 0 atom stereocenters. The van der Waals surface area contributed by atoms with Gasteiger partial charge in [-0.2, -0.15) is 0 Å². The first-order valence-electron chi connectivity index (χ1n) is 7.60. The van der Waals surface area contributed by atoms with Crippen LogP contribution in [0.15, 0.2) is 59.0 Å². The molecule has 0 unspecified atom stereocenters. The lowest BCUT2D eigenvalue weighted by Crippen LogP contribution is -2.43. The van der Waals surface area contributed by atoms with E-state index in [1.807, 2.05) is 0 Å². The number of anilines is 1. The van der Waals surface area contributed by atoms with E-state index in [0.29, 0.717) is 32.1 Å². The number of hydrogen-bond donors (Lipinski definition) is 3. The maximum atomic E-state index is 12.2. The quantitative estimate of drug-likeness (QED) is 0.369. The van der Waals surface area contributed by atoms with Crippen LogP contribution in [0.1, 0.15) is 10.6 Å². The van der Waals surface area contributed by atoms with E-state index in [0.717, 1.165) is 0 Å². The molecule has 1 aromatic heterocycles. The van der Waals surface area contributed by atoms with Gasteiger partial charge in [-0.05, 0) is 60.7 Å². The number of thiocarbonyl (C=S) groups is 1. The summed E-state index contributed by atoms with van der Waals surface area (Å²) in [5.74, 6) is 0.000946. The van der Waals surface area contributed by atoms with Crippen LogP contribution in [0.5, 0.6) is 0 Å². The number of hydrazine groups is 1. The zero-order valence-electron chi connectivity index (χ0n) is 13.6. The molecule has 3 aromatic rings. The molecule has 2 aromatic carbocycles. The van der Waals surface area contributed by atoms with Crippen LogP contribution in [-0.4, -0.2) is 11.0 Å². The third-order valence-corrected chi connectivity index (χ3v) is 4.40. The zero-order chi connectivity index (χ0) is 19.4. The molecule has 0 aliphatic rings. The van der Waals surface area contributed by atoms with Gasteiger partial charge in [0.15, 0.2) is 10.9 Å². The van der Waals surface area contributed by atoms with Crippen LogP contribution in [0.4, 0.5) is 5.69 Å². The lowest BCUT2D eigenvalue weighted by Gasteiger charge is -2.11. The fourth-order valence-electron chi connectivity index (χ4n) is 2.19. The molecule has 0 fully saturated rings. The molecule has 0 spiro atoms. The summed E-state index contributed by atoms with van der Waals surface area (Å²) in [7, 11) is 0. The number of hydrogen-bond acceptors (Lipinski definition) is 3. The largest absolute Gasteiger partial charge is 0.451 e. The first kappa shape index (κ1) is 19.5. The summed E-state index contributed by atoms with van der Waals surface area (Å²) >= 11 is 23.1. The van der Waals surface area contributed by atoms with Crippen LogP contribution in [0, 0.1) is 0 Å². The minimum atomic E-state index is -0.505. The minimum absolute atomic E-state index is 0.0825. The second-order valence-corrected chi connectivity index (χ2v) is 7.02. The van der Waals surface area contributed by atoms with Gasteiger partial charge >= 0.3 is 5.91 Å².